The van der Waals surface area contributed by atoms with Crippen LogP contribution in [0.25, 0.3) is 0 Å². The zero-order chi connectivity index (χ0) is 28.8. The second-order valence-electron chi connectivity index (χ2n) is 12.0. The Bertz CT molecular complexity index is 762. The van der Waals surface area contributed by atoms with Crippen LogP contribution in [-0.2, 0) is 30.8 Å². The number of ether oxygens (including phenoxy) is 1. The van der Waals surface area contributed by atoms with E-state index in [1.165, 1.54) is 0 Å². The largest absolute Gasteiger partial charge is 0.510 e. The van der Waals surface area contributed by atoms with E-state index in [2.05, 4.69) is 39.3 Å². The Hall–Kier alpha value is -0.636. The highest BCUT2D eigenvalue weighted by Gasteiger charge is 2.45. The van der Waals surface area contributed by atoms with E-state index in [9.17, 15) is 24.9 Å². The van der Waals surface area contributed by atoms with Crippen LogP contribution in [0.2, 0.25) is 78.1 Å². The number of hydrogen-bond acceptors (Lipinski definition) is 8. The van der Waals surface area contributed by atoms with E-state index in [0.29, 0.717) is 12.5 Å². The van der Waals surface area contributed by atoms with Gasteiger partial charge in [0.1, 0.15) is 11.4 Å². The summed E-state index contributed by atoms with van der Waals surface area (Å²) in [6, 6.07) is 0.669. The van der Waals surface area contributed by atoms with Gasteiger partial charge in [0.25, 0.3) is 0 Å². The third kappa shape index (κ3) is 14.9. The molecule has 10 nitrogen and oxygen atoms in total. The summed E-state index contributed by atoms with van der Waals surface area (Å²) in [4.78, 5) is 22.5. The van der Waals surface area contributed by atoms with Crippen molar-refractivity contribution in [3.05, 3.63) is 12.3 Å². The first-order valence-corrected chi connectivity index (χ1v) is 27.0. The number of aliphatic carboxylic acids is 2. The lowest BCUT2D eigenvalue weighted by Gasteiger charge is -2.42. The van der Waals surface area contributed by atoms with Crippen molar-refractivity contribution in [3.63, 3.8) is 0 Å². The molecule has 0 atom stereocenters. The number of rotatable bonds is 18. The molecule has 0 spiro atoms. The van der Waals surface area contributed by atoms with Crippen LogP contribution in [0.1, 0.15) is 19.3 Å². The third-order valence-electron chi connectivity index (χ3n) is 4.76. The van der Waals surface area contributed by atoms with Gasteiger partial charge in [0.2, 0.25) is 0 Å². The lowest BCUT2D eigenvalue weighted by molar-refractivity contribution is -0.153. The zero-order valence-electron chi connectivity index (χ0n) is 23.9. The molecule has 0 saturated heterocycles. The molecule has 0 unspecified atom stereocenters. The zero-order valence-corrected chi connectivity index (χ0v) is 28.9. The molecular weight excluding hydrogens is 553 g/mol. The molecule has 0 aliphatic heterocycles. The summed E-state index contributed by atoms with van der Waals surface area (Å²) < 4.78 is 31.5. The molecule has 0 aliphatic rings. The highest BCUT2D eigenvalue weighted by atomic mass is 28.5. The number of aliphatic hydroxyl groups excluding tert-OH is 1. The van der Waals surface area contributed by atoms with Gasteiger partial charge in [-0.25, -0.2) is 0 Å². The lowest BCUT2D eigenvalue weighted by Crippen LogP contribution is -2.58. The Balaban J connectivity index is 5.13. The molecule has 0 aliphatic carbocycles. The molecule has 0 rings (SSSR count). The van der Waals surface area contributed by atoms with Gasteiger partial charge in [-0.05, 0) is 84.5 Å². The van der Waals surface area contributed by atoms with Crippen LogP contribution in [0.15, 0.2) is 12.3 Å². The molecule has 212 valence electrons. The average molecular weight is 601 g/mol. The Labute approximate surface area is 222 Å². The maximum atomic E-state index is 11.3. The van der Waals surface area contributed by atoms with Crippen molar-refractivity contribution in [2.45, 2.75) is 103 Å². The molecule has 15 heteroatoms. The van der Waals surface area contributed by atoms with Crippen LogP contribution >= 0.6 is 0 Å². The topological polar surface area (TPSA) is 141 Å². The minimum atomic E-state index is -2.56. The molecule has 0 saturated carbocycles. The van der Waals surface area contributed by atoms with Gasteiger partial charge in [0, 0.05) is 6.61 Å². The number of hydrogen-bond donors (Lipinski definition) is 3. The molecule has 0 aromatic carbocycles. The number of aliphatic hydroxyl groups is 1. The van der Waals surface area contributed by atoms with Crippen LogP contribution in [0.3, 0.4) is 0 Å². The second kappa shape index (κ2) is 12.9. The summed E-state index contributed by atoms with van der Waals surface area (Å²) >= 11 is 0. The third-order valence-corrected chi connectivity index (χ3v) is 22.8. The molecule has 0 radical (unpaired) electrons. The lowest BCUT2D eigenvalue weighted by atomic mass is 9.93. The fraction of sp³-hybridized carbons (Fsp3) is 0.810. The molecule has 0 aromatic rings. The maximum Gasteiger partial charge on any atom is 0.314 e. The van der Waals surface area contributed by atoms with Crippen molar-refractivity contribution in [3.8, 4) is 0 Å². The van der Waals surface area contributed by atoms with Gasteiger partial charge in [-0.15, -0.1) is 0 Å². The van der Waals surface area contributed by atoms with E-state index >= 15 is 0 Å². The minimum absolute atomic E-state index is 0.0555. The minimum Gasteiger partial charge on any atom is -0.510 e. The molecular formula is C21H48O10Si5. The number of carbonyl (C=O) groups is 2. The van der Waals surface area contributed by atoms with Crippen molar-refractivity contribution in [2.75, 3.05) is 6.61 Å². The Morgan fingerprint density at radius 1 is 0.694 bits per heavy atom. The summed E-state index contributed by atoms with van der Waals surface area (Å²) in [7, 11) is -11.4. The van der Waals surface area contributed by atoms with Crippen molar-refractivity contribution in [1.82, 2.24) is 0 Å². The van der Waals surface area contributed by atoms with Crippen molar-refractivity contribution in [1.29, 1.82) is 0 Å². The molecule has 0 fully saturated rings. The van der Waals surface area contributed by atoms with Crippen LogP contribution in [-0.4, -0.2) is 81.8 Å². The normalized spacial score (nSPS) is 14.1. The summed E-state index contributed by atoms with van der Waals surface area (Å²) in [5.41, 5.74) is -1.87. The highest BCUT2D eigenvalue weighted by Crippen LogP contribution is 2.30. The van der Waals surface area contributed by atoms with E-state index in [0.717, 1.165) is 0 Å². The monoisotopic (exact) mass is 600 g/mol. The fourth-order valence-corrected chi connectivity index (χ4v) is 28.1. The first kappa shape index (κ1) is 35.4. The van der Waals surface area contributed by atoms with Crippen molar-refractivity contribution >= 4 is 54.3 Å². The number of carboxylic acids is 2. The summed E-state index contributed by atoms with van der Waals surface area (Å²) in [6.07, 6.45) is -0.889. The van der Waals surface area contributed by atoms with E-state index in [1.807, 2.05) is 39.3 Å². The summed E-state index contributed by atoms with van der Waals surface area (Å²) in [5.74, 6) is -3.19. The SMILES string of the molecule is C=C(O)C(CC(=O)O)(CC(=O)O)OCCC[Si](C)(C)O[Si](C)(C)O[Si](C)(C)O[Si](C)(C)O[Si](C)(C)C. The van der Waals surface area contributed by atoms with Gasteiger partial charge in [-0.3, -0.25) is 9.59 Å². The Morgan fingerprint density at radius 2 is 1.08 bits per heavy atom. The van der Waals surface area contributed by atoms with Crippen LogP contribution in [0.4, 0.5) is 0 Å². The van der Waals surface area contributed by atoms with Crippen molar-refractivity contribution in [2.24, 2.45) is 0 Å². The average Bonchev–Trinajstić information content (AvgIpc) is 2.51. The van der Waals surface area contributed by atoms with E-state index in [-0.39, 0.29) is 6.61 Å². The van der Waals surface area contributed by atoms with E-state index < -0.39 is 78.5 Å². The first-order chi connectivity index (χ1) is 15.8. The maximum absolute atomic E-state index is 11.3. The molecule has 0 heterocycles. The molecule has 3 N–H and O–H groups in total. The van der Waals surface area contributed by atoms with Crippen molar-refractivity contribution < 1.29 is 46.1 Å². The van der Waals surface area contributed by atoms with Gasteiger partial charge < -0.3 is 36.5 Å². The Kier molecular flexibility index (Phi) is 12.7. The standard InChI is InChI=1S/C21H48O10Si5/c1-18(22)21(16-19(23)24,17-20(25)26)27-14-13-15-33(5,6)29-35(9,10)31-36(11,12)30-34(7,8)28-32(2,3)4/h22H,1,13-17H2,2-12H3,(H,23,24)(H,25,26). The van der Waals surface area contributed by atoms with Gasteiger partial charge in [0.15, 0.2) is 16.6 Å². The molecule has 0 amide bonds. The number of carboxylic acid groups (broad SMARTS) is 2. The molecule has 0 aromatic heterocycles. The van der Waals surface area contributed by atoms with Gasteiger partial charge in [-0.2, -0.15) is 0 Å². The first-order valence-electron chi connectivity index (χ1n) is 12.1. The van der Waals surface area contributed by atoms with Gasteiger partial charge >= 0.3 is 37.6 Å². The van der Waals surface area contributed by atoms with E-state index in [1.54, 1.807) is 0 Å². The summed E-state index contributed by atoms with van der Waals surface area (Å²) in [5, 5.41) is 28.3. The predicted octanol–water partition coefficient (Wildman–Crippen LogP) is 5.36. The van der Waals surface area contributed by atoms with Gasteiger partial charge in [0.05, 0.1) is 12.8 Å². The highest BCUT2D eigenvalue weighted by molar-refractivity contribution is 6.90. The fourth-order valence-electron chi connectivity index (χ4n) is 4.41. The van der Waals surface area contributed by atoms with Gasteiger partial charge in [-0.1, -0.05) is 6.58 Å². The molecule has 0 bridgehead atoms. The molecule has 36 heavy (non-hydrogen) atoms. The second-order valence-corrected chi connectivity index (χ2v) is 31.9. The summed E-state index contributed by atoms with van der Waals surface area (Å²) in [6.45, 7) is 26.1. The van der Waals surface area contributed by atoms with Crippen LogP contribution in [0.5, 0.6) is 0 Å². The van der Waals surface area contributed by atoms with Crippen LogP contribution < -0.4 is 0 Å². The smallest absolute Gasteiger partial charge is 0.314 e. The predicted molar refractivity (Wildman–Crippen MR) is 152 cm³/mol. The van der Waals surface area contributed by atoms with E-state index in [4.69, 9.17) is 21.2 Å². The Morgan fingerprint density at radius 3 is 1.44 bits per heavy atom. The quantitative estimate of drug-likeness (QED) is 0.107. The van der Waals surface area contributed by atoms with Crippen LogP contribution in [0, 0.1) is 0 Å².